The number of hydrogen-bond acceptors (Lipinski definition) is 6. The number of anilines is 2. The Morgan fingerprint density at radius 1 is 1.48 bits per heavy atom. The van der Waals surface area contributed by atoms with Crippen LogP contribution in [0.25, 0.3) is 0 Å². The van der Waals surface area contributed by atoms with E-state index in [0.29, 0.717) is 5.69 Å². The Hall–Kier alpha value is -2.42. The lowest BCUT2D eigenvalue weighted by Gasteiger charge is -2.17. The van der Waals surface area contributed by atoms with Crippen LogP contribution in [0, 0.1) is 0 Å². The van der Waals surface area contributed by atoms with Gasteiger partial charge in [-0.15, -0.1) is 5.10 Å². The van der Waals surface area contributed by atoms with Crippen LogP contribution in [-0.4, -0.2) is 55.4 Å². The molecule has 2 heterocycles. The van der Waals surface area contributed by atoms with Gasteiger partial charge in [0.05, 0.1) is 18.4 Å². The summed E-state index contributed by atoms with van der Waals surface area (Å²) >= 11 is 0. The van der Waals surface area contributed by atoms with Crippen molar-refractivity contribution in [2.75, 3.05) is 30.7 Å². The number of nitrogen functional groups attached to an aromatic ring is 1. The molecule has 0 spiro atoms. The first kappa shape index (κ1) is 15.0. The summed E-state index contributed by atoms with van der Waals surface area (Å²) in [6.07, 6.45) is 3.38. The van der Waals surface area contributed by atoms with E-state index in [1.807, 2.05) is 0 Å². The zero-order valence-electron chi connectivity index (χ0n) is 12.2. The number of nitrogens with zero attached hydrogens (tertiary/aromatic N) is 5. The van der Waals surface area contributed by atoms with Crippen LogP contribution in [-0.2, 0) is 6.54 Å². The van der Waals surface area contributed by atoms with Crippen molar-refractivity contribution in [3.8, 4) is 0 Å². The second-order valence-corrected chi connectivity index (χ2v) is 4.52. The number of hydrogen-bond donors (Lipinski definition) is 3. The number of amides is 1. The van der Waals surface area contributed by atoms with Crippen LogP contribution in [0.1, 0.15) is 24.5 Å². The minimum Gasteiger partial charge on any atom is -0.366 e. The fourth-order valence-electron chi connectivity index (χ4n) is 1.90. The van der Waals surface area contributed by atoms with Crippen LogP contribution in [0.3, 0.4) is 0 Å². The quantitative estimate of drug-likeness (QED) is 0.670. The first-order chi connectivity index (χ1) is 10.1. The van der Waals surface area contributed by atoms with Crippen molar-refractivity contribution in [3.05, 3.63) is 18.2 Å². The number of carbonyl (C=O) groups excluding carboxylic acids is 1. The maximum Gasteiger partial charge on any atom is 0.293 e. The molecule has 0 saturated carbocycles. The van der Waals surface area contributed by atoms with Crippen LogP contribution in [0.2, 0.25) is 0 Å². The molecular formula is C12H20N8O. The molecule has 9 nitrogen and oxygen atoms in total. The molecule has 2 aromatic heterocycles. The van der Waals surface area contributed by atoms with E-state index >= 15 is 0 Å². The van der Waals surface area contributed by atoms with Gasteiger partial charge in [-0.3, -0.25) is 14.6 Å². The molecule has 0 aliphatic rings. The fourth-order valence-corrected chi connectivity index (χ4v) is 1.90. The maximum atomic E-state index is 11.8. The Bertz CT molecular complexity index is 586. The van der Waals surface area contributed by atoms with Gasteiger partial charge < -0.3 is 16.0 Å². The lowest BCUT2D eigenvalue weighted by molar-refractivity contribution is 0.101. The molecule has 0 aliphatic carbocycles. The van der Waals surface area contributed by atoms with Crippen molar-refractivity contribution in [1.82, 2.24) is 29.9 Å². The summed E-state index contributed by atoms with van der Waals surface area (Å²) in [7, 11) is 0. The molecule has 0 saturated heterocycles. The van der Waals surface area contributed by atoms with Crippen LogP contribution < -0.4 is 11.1 Å². The number of nitrogens with one attached hydrogen (secondary N) is 2. The van der Waals surface area contributed by atoms with Gasteiger partial charge in [0, 0.05) is 12.7 Å². The summed E-state index contributed by atoms with van der Waals surface area (Å²) in [4.78, 5) is 17.9. The SMILES string of the molecule is CCN(CC)CCn1cc(NC(=O)c2nc(N)n[nH]2)cn1. The van der Waals surface area contributed by atoms with Gasteiger partial charge in [-0.25, -0.2) is 0 Å². The highest BCUT2D eigenvalue weighted by molar-refractivity contribution is 6.01. The molecular weight excluding hydrogens is 272 g/mol. The first-order valence-electron chi connectivity index (χ1n) is 6.86. The number of aromatic nitrogens is 5. The van der Waals surface area contributed by atoms with Crippen molar-refractivity contribution in [2.24, 2.45) is 0 Å². The highest BCUT2D eigenvalue weighted by Gasteiger charge is 2.12. The molecule has 21 heavy (non-hydrogen) atoms. The molecule has 0 aliphatic heterocycles. The van der Waals surface area contributed by atoms with Gasteiger partial charge in [0.25, 0.3) is 5.91 Å². The Balaban J connectivity index is 1.89. The Morgan fingerprint density at radius 3 is 2.86 bits per heavy atom. The average molecular weight is 292 g/mol. The molecule has 2 rings (SSSR count). The van der Waals surface area contributed by atoms with Crippen LogP contribution >= 0.6 is 0 Å². The van der Waals surface area contributed by atoms with Gasteiger partial charge in [-0.05, 0) is 13.1 Å². The summed E-state index contributed by atoms with van der Waals surface area (Å²) in [5.74, 6) is -0.291. The molecule has 0 atom stereocenters. The summed E-state index contributed by atoms with van der Waals surface area (Å²) < 4.78 is 1.79. The zero-order valence-corrected chi connectivity index (χ0v) is 12.2. The van der Waals surface area contributed by atoms with Crippen LogP contribution in [0.4, 0.5) is 11.6 Å². The minimum atomic E-state index is -0.400. The zero-order chi connectivity index (χ0) is 15.2. The topological polar surface area (TPSA) is 118 Å². The third-order valence-electron chi connectivity index (χ3n) is 3.15. The van der Waals surface area contributed by atoms with Gasteiger partial charge in [-0.2, -0.15) is 10.1 Å². The predicted octanol–water partition coefficient (Wildman–Crippen LogP) is 0.178. The van der Waals surface area contributed by atoms with Crippen molar-refractivity contribution < 1.29 is 4.79 Å². The summed E-state index contributed by atoms with van der Waals surface area (Å²) in [6, 6.07) is 0. The van der Waals surface area contributed by atoms with Gasteiger partial charge >= 0.3 is 0 Å². The molecule has 0 unspecified atom stereocenters. The van der Waals surface area contributed by atoms with E-state index in [4.69, 9.17) is 5.73 Å². The fraction of sp³-hybridized carbons (Fsp3) is 0.500. The summed E-state index contributed by atoms with van der Waals surface area (Å²) in [5, 5.41) is 13.0. The van der Waals surface area contributed by atoms with Crippen molar-refractivity contribution in [1.29, 1.82) is 0 Å². The second-order valence-electron chi connectivity index (χ2n) is 4.52. The number of nitrogens with two attached hydrogens (primary N) is 1. The number of likely N-dealkylation sites (N-methyl/N-ethyl adjacent to an activating group) is 1. The lowest BCUT2D eigenvalue weighted by atomic mass is 10.4. The smallest absolute Gasteiger partial charge is 0.293 e. The van der Waals surface area contributed by atoms with E-state index in [1.165, 1.54) is 0 Å². The highest BCUT2D eigenvalue weighted by atomic mass is 16.2. The average Bonchev–Trinajstić information content (AvgIpc) is 3.09. The normalized spacial score (nSPS) is 11.0. The van der Waals surface area contributed by atoms with E-state index in [2.05, 4.69) is 44.3 Å². The van der Waals surface area contributed by atoms with Gasteiger partial charge in [-0.1, -0.05) is 13.8 Å². The minimum absolute atomic E-state index is 0.0371. The van der Waals surface area contributed by atoms with E-state index in [9.17, 15) is 4.79 Å². The van der Waals surface area contributed by atoms with E-state index < -0.39 is 5.91 Å². The number of aromatic amines is 1. The second kappa shape index (κ2) is 6.84. The third kappa shape index (κ3) is 4.02. The Kier molecular flexibility index (Phi) is 4.88. The monoisotopic (exact) mass is 292 g/mol. The van der Waals surface area contributed by atoms with Gasteiger partial charge in [0.15, 0.2) is 0 Å². The molecule has 0 bridgehead atoms. The highest BCUT2D eigenvalue weighted by Crippen LogP contribution is 2.07. The molecule has 0 radical (unpaired) electrons. The Morgan fingerprint density at radius 2 is 2.24 bits per heavy atom. The van der Waals surface area contributed by atoms with Crippen molar-refractivity contribution >= 4 is 17.5 Å². The van der Waals surface area contributed by atoms with E-state index in [0.717, 1.165) is 26.2 Å². The van der Waals surface area contributed by atoms with Gasteiger partial charge in [0.1, 0.15) is 0 Å². The molecule has 114 valence electrons. The summed E-state index contributed by atoms with van der Waals surface area (Å²) in [5.41, 5.74) is 5.96. The van der Waals surface area contributed by atoms with Crippen LogP contribution in [0.5, 0.6) is 0 Å². The maximum absolute atomic E-state index is 11.8. The van der Waals surface area contributed by atoms with E-state index in [-0.39, 0.29) is 11.8 Å². The molecule has 2 aromatic rings. The Labute approximate surface area is 122 Å². The molecule has 4 N–H and O–H groups in total. The molecule has 9 heteroatoms. The molecule has 0 fully saturated rings. The number of H-pyrrole nitrogens is 1. The summed E-state index contributed by atoms with van der Waals surface area (Å²) in [6.45, 7) is 7.96. The standard InChI is InChI=1S/C12H20N8O/c1-3-19(4-2)5-6-20-8-9(7-14-20)15-11(21)10-16-12(13)18-17-10/h7-8H,3-6H2,1-2H3,(H,15,21)(H3,13,16,17,18). The number of carbonyl (C=O) groups is 1. The van der Waals surface area contributed by atoms with Gasteiger partial charge in [0.2, 0.25) is 11.8 Å². The lowest BCUT2D eigenvalue weighted by Crippen LogP contribution is -2.27. The largest absolute Gasteiger partial charge is 0.366 e. The van der Waals surface area contributed by atoms with Crippen LogP contribution in [0.15, 0.2) is 12.4 Å². The third-order valence-corrected chi connectivity index (χ3v) is 3.15. The molecule has 1 amide bonds. The number of rotatable bonds is 7. The first-order valence-corrected chi connectivity index (χ1v) is 6.86. The van der Waals surface area contributed by atoms with Crippen molar-refractivity contribution in [3.63, 3.8) is 0 Å². The predicted molar refractivity (Wildman–Crippen MR) is 78.8 cm³/mol. The molecule has 0 aromatic carbocycles. The van der Waals surface area contributed by atoms with Crippen molar-refractivity contribution in [2.45, 2.75) is 20.4 Å². The van der Waals surface area contributed by atoms with E-state index in [1.54, 1.807) is 17.1 Å².